The summed E-state index contributed by atoms with van der Waals surface area (Å²) in [6.07, 6.45) is 0.150. The molecule has 2 N–H and O–H groups in total. The van der Waals surface area contributed by atoms with Crippen LogP contribution in [0.15, 0.2) is 41.3 Å². The van der Waals surface area contributed by atoms with Crippen molar-refractivity contribution in [3.63, 3.8) is 0 Å². The van der Waals surface area contributed by atoms with Crippen molar-refractivity contribution in [2.45, 2.75) is 37.3 Å². The molecule has 0 saturated carbocycles. The van der Waals surface area contributed by atoms with Crippen molar-refractivity contribution in [3.05, 3.63) is 53.1 Å². The monoisotopic (exact) mass is 340 g/mol. The molecule has 0 radical (unpaired) electrons. The van der Waals surface area contributed by atoms with Crippen LogP contribution in [0.5, 0.6) is 0 Å². The molecule has 1 heterocycles. The van der Waals surface area contributed by atoms with Crippen LogP contribution in [0.25, 0.3) is 0 Å². The van der Waals surface area contributed by atoms with Crippen LogP contribution in [0, 0.1) is 20.8 Å². The fraction of sp³-hybridized carbons (Fsp3) is 0.263. The maximum absolute atomic E-state index is 12.4. The van der Waals surface area contributed by atoms with Gasteiger partial charge in [-0.05, 0) is 44.0 Å². The SMILES string of the molecule is Cc1cc(C)c(NC(=O)CC2Sc3ccccc3NC2=O)c(C)c1. The van der Waals surface area contributed by atoms with Crippen LogP contribution in [-0.2, 0) is 9.59 Å². The average Bonchev–Trinajstić information content (AvgIpc) is 2.51. The molecular formula is C19H20N2O2S. The Morgan fingerprint density at radius 2 is 1.83 bits per heavy atom. The van der Waals surface area contributed by atoms with Gasteiger partial charge in [-0.15, -0.1) is 11.8 Å². The fourth-order valence-electron chi connectivity index (χ4n) is 2.96. The van der Waals surface area contributed by atoms with E-state index in [1.165, 1.54) is 17.3 Å². The van der Waals surface area contributed by atoms with Crippen LogP contribution in [-0.4, -0.2) is 17.1 Å². The van der Waals surface area contributed by atoms with Gasteiger partial charge >= 0.3 is 0 Å². The number of hydrogen-bond donors (Lipinski definition) is 2. The van der Waals surface area contributed by atoms with E-state index in [1.807, 2.05) is 57.2 Å². The van der Waals surface area contributed by atoms with Crippen LogP contribution < -0.4 is 10.6 Å². The molecule has 0 bridgehead atoms. The van der Waals surface area contributed by atoms with E-state index in [9.17, 15) is 9.59 Å². The van der Waals surface area contributed by atoms with Crippen molar-refractivity contribution < 1.29 is 9.59 Å². The van der Waals surface area contributed by atoms with Crippen LogP contribution in [0.4, 0.5) is 11.4 Å². The lowest BCUT2D eigenvalue weighted by atomic mass is 10.0. The first kappa shape index (κ1) is 16.6. The molecule has 0 aromatic heterocycles. The number of hydrogen-bond acceptors (Lipinski definition) is 3. The summed E-state index contributed by atoms with van der Waals surface area (Å²) in [6, 6.07) is 11.7. The third-order valence-corrected chi connectivity index (χ3v) is 5.29. The van der Waals surface area contributed by atoms with Gasteiger partial charge < -0.3 is 10.6 Å². The highest BCUT2D eigenvalue weighted by Gasteiger charge is 2.29. The quantitative estimate of drug-likeness (QED) is 0.886. The molecule has 3 rings (SSSR count). The molecule has 5 heteroatoms. The third kappa shape index (κ3) is 3.46. The highest BCUT2D eigenvalue weighted by molar-refractivity contribution is 8.01. The Bertz CT molecular complexity index is 794. The lowest BCUT2D eigenvalue weighted by molar-refractivity contribution is -0.120. The van der Waals surface area contributed by atoms with E-state index in [0.717, 1.165) is 27.4 Å². The Hall–Kier alpha value is -2.27. The number of carbonyl (C=O) groups is 2. The van der Waals surface area contributed by atoms with E-state index in [-0.39, 0.29) is 18.2 Å². The molecule has 1 atom stereocenters. The first-order chi connectivity index (χ1) is 11.4. The fourth-order valence-corrected chi connectivity index (χ4v) is 4.07. The smallest absolute Gasteiger partial charge is 0.238 e. The summed E-state index contributed by atoms with van der Waals surface area (Å²) in [5.41, 5.74) is 4.89. The van der Waals surface area contributed by atoms with Gasteiger partial charge in [0, 0.05) is 17.0 Å². The summed E-state index contributed by atoms with van der Waals surface area (Å²) in [6.45, 7) is 5.99. The van der Waals surface area contributed by atoms with Gasteiger partial charge in [0.25, 0.3) is 0 Å². The normalized spacial score (nSPS) is 16.3. The van der Waals surface area contributed by atoms with Crippen LogP contribution in [0.2, 0.25) is 0 Å². The van der Waals surface area contributed by atoms with Gasteiger partial charge in [-0.3, -0.25) is 9.59 Å². The van der Waals surface area contributed by atoms with Crippen molar-refractivity contribution >= 4 is 35.0 Å². The zero-order valence-corrected chi connectivity index (χ0v) is 14.8. The summed E-state index contributed by atoms with van der Waals surface area (Å²) in [7, 11) is 0. The summed E-state index contributed by atoms with van der Waals surface area (Å²) >= 11 is 1.44. The number of carbonyl (C=O) groups excluding carboxylic acids is 2. The molecule has 0 fully saturated rings. The van der Waals surface area contributed by atoms with E-state index in [1.54, 1.807) is 0 Å². The average molecular weight is 340 g/mol. The first-order valence-electron chi connectivity index (χ1n) is 7.88. The number of amides is 2. The van der Waals surface area contributed by atoms with Gasteiger partial charge in [0.1, 0.15) is 0 Å². The van der Waals surface area contributed by atoms with Crippen molar-refractivity contribution in [3.8, 4) is 0 Å². The third-order valence-electron chi connectivity index (χ3n) is 4.02. The maximum atomic E-state index is 12.4. The zero-order chi connectivity index (χ0) is 17.3. The molecule has 1 unspecified atom stereocenters. The Balaban J connectivity index is 1.71. The summed E-state index contributed by atoms with van der Waals surface area (Å²) < 4.78 is 0. The predicted octanol–water partition coefficient (Wildman–Crippen LogP) is 4.05. The zero-order valence-electron chi connectivity index (χ0n) is 14.0. The van der Waals surface area contributed by atoms with E-state index in [0.29, 0.717) is 0 Å². The number of benzene rings is 2. The highest BCUT2D eigenvalue weighted by Crippen LogP contribution is 2.36. The lowest BCUT2D eigenvalue weighted by Gasteiger charge is -2.23. The minimum Gasteiger partial charge on any atom is -0.326 e. The second kappa shape index (κ2) is 6.69. The van der Waals surface area contributed by atoms with Crippen molar-refractivity contribution in [1.29, 1.82) is 0 Å². The summed E-state index contributed by atoms with van der Waals surface area (Å²) in [4.78, 5) is 25.6. The Kier molecular flexibility index (Phi) is 4.62. The highest BCUT2D eigenvalue weighted by atomic mass is 32.2. The largest absolute Gasteiger partial charge is 0.326 e. The molecule has 124 valence electrons. The maximum Gasteiger partial charge on any atom is 0.238 e. The molecule has 24 heavy (non-hydrogen) atoms. The number of rotatable bonds is 3. The second-order valence-corrected chi connectivity index (χ2v) is 7.36. The minimum atomic E-state index is -0.411. The molecule has 1 aliphatic rings. The molecule has 1 aliphatic heterocycles. The van der Waals surface area contributed by atoms with Gasteiger partial charge in [-0.2, -0.15) is 0 Å². The number of fused-ring (bicyclic) bond motifs is 1. The van der Waals surface area contributed by atoms with Crippen LogP contribution >= 0.6 is 11.8 Å². The van der Waals surface area contributed by atoms with Crippen molar-refractivity contribution in [1.82, 2.24) is 0 Å². The number of aryl methyl sites for hydroxylation is 3. The Morgan fingerprint density at radius 3 is 2.54 bits per heavy atom. The Morgan fingerprint density at radius 1 is 1.17 bits per heavy atom. The predicted molar refractivity (Wildman–Crippen MR) is 98.6 cm³/mol. The Labute approximate surface area is 146 Å². The van der Waals surface area contributed by atoms with E-state index >= 15 is 0 Å². The molecular weight excluding hydrogens is 320 g/mol. The topological polar surface area (TPSA) is 58.2 Å². The van der Waals surface area contributed by atoms with Gasteiger partial charge in [0.05, 0.1) is 10.9 Å². The van der Waals surface area contributed by atoms with Gasteiger partial charge in [-0.25, -0.2) is 0 Å². The second-order valence-electron chi connectivity index (χ2n) is 6.12. The molecule has 4 nitrogen and oxygen atoms in total. The number of nitrogens with one attached hydrogen (secondary N) is 2. The number of para-hydroxylation sites is 1. The van der Waals surface area contributed by atoms with E-state index in [4.69, 9.17) is 0 Å². The molecule has 2 amide bonds. The summed E-state index contributed by atoms with van der Waals surface area (Å²) in [5.74, 6) is -0.261. The minimum absolute atomic E-state index is 0.119. The summed E-state index contributed by atoms with van der Waals surface area (Å²) in [5, 5.41) is 5.42. The molecule has 0 aliphatic carbocycles. The van der Waals surface area contributed by atoms with Gasteiger partial charge in [0.15, 0.2) is 0 Å². The number of anilines is 2. The van der Waals surface area contributed by atoms with Crippen LogP contribution in [0.3, 0.4) is 0 Å². The molecule has 0 spiro atoms. The van der Waals surface area contributed by atoms with Gasteiger partial charge in [0.2, 0.25) is 11.8 Å². The standard InChI is InChI=1S/C19H20N2O2S/c1-11-8-12(2)18(13(3)9-11)21-17(22)10-16-19(23)20-14-6-4-5-7-15(14)24-16/h4-9,16H,10H2,1-3H3,(H,20,23)(H,21,22). The first-order valence-corrected chi connectivity index (χ1v) is 8.76. The van der Waals surface area contributed by atoms with Crippen LogP contribution in [0.1, 0.15) is 23.1 Å². The lowest BCUT2D eigenvalue weighted by Crippen LogP contribution is -2.32. The van der Waals surface area contributed by atoms with Gasteiger partial charge in [-0.1, -0.05) is 29.8 Å². The molecule has 2 aromatic rings. The number of thioether (sulfide) groups is 1. The van der Waals surface area contributed by atoms with Crippen molar-refractivity contribution in [2.24, 2.45) is 0 Å². The van der Waals surface area contributed by atoms with E-state index in [2.05, 4.69) is 10.6 Å². The molecule has 2 aromatic carbocycles. The molecule has 0 saturated heterocycles. The van der Waals surface area contributed by atoms with E-state index < -0.39 is 5.25 Å². The van der Waals surface area contributed by atoms with Crippen molar-refractivity contribution in [2.75, 3.05) is 10.6 Å².